The third-order valence-electron chi connectivity index (χ3n) is 6.99. The van der Waals surface area contributed by atoms with Gasteiger partial charge in [-0.25, -0.2) is 9.97 Å². The van der Waals surface area contributed by atoms with Gasteiger partial charge in [-0.1, -0.05) is 58.8 Å². The molecule has 2 aliphatic carbocycles. The fourth-order valence-electron chi connectivity index (χ4n) is 4.87. The minimum atomic E-state index is 0.629. The lowest BCUT2D eigenvalue weighted by atomic mass is 9.77. The van der Waals surface area contributed by atoms with Crippen molar-refractivity contribution in [3.63, 3.8) is 0 Å². The van der Waals surface area contributed by atoms with Gasteiger partial charge in [-0.15, -0.1) is 0 Å². The Kier molecular flexibility index (Phi) is 7.31. The van der Waals surface area contributed by atoms with Crippen LogP contribution in [0.15, 0.2) is 12.4 Å². The molecule has 0 amide bonds. The van der Waals surface area contributed by atoms with Crippen LogP contribution in [-0.2, 0) is 0 Å². The number of hydrogen-bond acceptors (Lipinski definition) is 2. The topological polar surface area (TPSA) is 25.8 Å². The zero-order valence-corrected chi connectivity index (χ0v) is 16.6. The molecule has 1 aromatic rings. The van der Waals surface area contributed by atoms with Gasteiger partial charge in [0.2, 0.25) is 0 Å². The molecule has 0 aromatic carbocycles. The van der Waals surface area contributed by atoms with E-state index in [1.165, 1.54) is 89.0 Å². The van der Waals surface area contributed by atoms with E-state index in [4.69, 9.17) is 9.97 Å². The van der Waals surface area contributed by atoms with Crippen LogP contribution < -0.4 is 0 Å². The summed E-state index contributed by atoms with van der Waals surface area (Å²) in [4.78, 5) is 9.53. The van der Waals surface area contributed by atoms with Crippen molar-refractivity contribution >= 4 is 0 Å². The highest BCUT2D eigenvalue weighted by Crippen LogP contribution is 2.38. The molecule has 2 saturated carbocycles. The van der Waals surface area contributed by atoms with E-state index in [2.05, 4.69) is 26.2 Å². The molecule has 0 saturated heterocycles. The summed E-state index contributed by atoms with van der Waals surface area (Å²) in [6.07, 6.45) is 22.2. The van der Waals surface area contributed by atoms with Gasteiger partial charge in [-0.3, -0.25) is 0 Å². The molecule has 0 radical (unpaired) electrons. The van der Waals surface area contributed by atoms with Crippen molar-refractivity contribution in [1.82, 2.24) is 9.97 Å². The molecule has 1 aromatic heterocycles. The Labute approximate surface area is 155 Å². The largest absolute Gasteiger partial charge is 0.241 e. The molecule has 140 valence electrons. The SMILES string of the molecule is CCC(C)CCCC1CCC(c2cnc(C3CCCCC3)nc2)CC1. The van der Waals surface area contributed by atoms with Gasteiger partial charge in [-0.05, 0) is 61.8 Å². The van der Waals surface area contributed by atoms with Gasteiger partial charge in [0.15, 0.2) is 0 Å². The minimum absolute atomic E-state index is 0.629. The first kappa shape index (κ1) is 18.9. The second-order valence-corrected chi connectivity index (χ2v) is 8.87. The molecule has 3 rings (SSSR count). The number of nitrogens with zero attached hydrogens (tertiary/aromatic N) is 2. The number of rotatable bonds is 7. The monoisotopic (exact) mass is 342 g/mol. The van der Waals surface area contributed by atoms with Gasteiger partial charge in [0.1, 0.15) is 5.82 Å². The molecule has 0 aliphatic heterocycles. The zero-order valence-electron chi connectivity index (χ0n) is 16.6. The highest BCUT2D eigenvalue weighted by molar-refractivity contribution is 5.14. The summed E-state index contributed by atoms with van der Waals surface area (Å²) in [6, 6.07) is 0. The number of aromatic nitrogens is 2. The maximum atomic E-state index is 4.76. The van der Waals surface area contributed by atoms with E-state index in [1.807, 2.05) is 0 Å². The fourth-order valence-corrected chi connectivity index (χ4v) is 4.87. The lowest BCUT2D eigenvalue weighted by Gasteiger charge is -2.29. The Bertz CT molecular complexity index is 481. The maximum absolute atomic E-state index is 4.76. The van der Waals surface area contributed by atoms with Crippen molar-refractivity contribution in [2.24, 2.45) is 11.8 Å². The average Bonchev–Trinajstić information content (AvgIpc) is 2.69. The Hall–Kier alpha value is -0.920. The molecule has 2 heteroatoms. The molecule has 1 atom stereocenters. The third kappa shape index (κ3) is 5.53. The number of hydrogen-bond donors (Lipinski definition) is 0. The van der Waals surface area contributed by atoms with Crippen LogP contribution in [0.2, 0.25) is 0 Å². The summed E-state index contributed by atoms with van der Waals surface area (Å²) in [5, 5.41) is 0. The Morgan fingerprint density at radius 1 is 0.920 bits per heavy atom. The second kappa shape index (κ2) is 9.69. The van der Waals surface area contributed by atoms with E-state index in [0.29, 0.717) is 11.8 Å². The Morgan fingerprint density at radius 2 is 1.60 bits per heavy atom. The van der Waals surface area contributed by atoms with Crippen LogP contribution in [0.5, 0.6) is 0 Å². The third-order valence-corrected chi connectivity index (χ3v) is 6.99. The molecule has 0 bridgehead atoms. The summed E-state index contributed by atoms with van der Waals surface area (Å²) in [7, 11) is 0. The highest BCUT2D eigenvalue weighted by Gasteiger charge is 2.24. The molecule has 1 unspecified atom stereocenters. The van der Waals surface area contributed by atoms with Gasteiger partial charge in [0.05, 0.1) is 0 Å². The predicted molar refractivity (Wildman–Crippen MR) is 106 cm³/mol. The molecule has 0 spiro atoms. The lowest BCUT2D eigenvalue weighted by molar-refractivity contribution is 0.295. The van der Waals surface area contributed by atoms with E-state index < -0.39 is 0 Å². The van der Waals surface area contributed by atoms with Gasteiger partial charge >= 0.3 is 0 Å². The molecule has 25 heavy (non-hydrogen) atoms. The predicted octanol–water partition coefficient (Wildman–Crippen LogP) is 7.01. The van der Waals surface area contributed by atoms with Crippen molar-refractivity contribution in [1.29, 1.82) is 0 Å². The van der Waals surface area contributed by atoms with Crippen molar-refractivity contribution < 1.29 is 0 Å². The van der Waals surface area contributed by atoms with E-state index in [9.17, 15) is 0 Å². The highest BCUT2D eigenvalue weighted by atomic mass is 14.9. The fraction of sp³-hybridized carbons (Fsp3) is 0.826. The quantitative estimate of drug-likeness (QED) is 0.532. The first-order valence-corrected chi connectivity index (χ1v) is 11.1. The van der Waals surface area contributed by atoms with E-state index >= 15 is 0 Å². The maximum Gasteiger partial charge on any atom is 0.131 e. The van der Waals surface area contributed by atoms with Crippen molar-refractivity contribution in [3.8, 4) is 0 Å². The van der Waals surface area contributed by atoms with Crippen LogP contribution in [0.25, 0.3) is 0 Å². The Balaban J connectivity index is 1.43. The van der Waals surface area contributed by atoms with Crippen LogP contribution in [0, 0.1) is 11.8 Å². The first-order valence-electron chi connectivity index (χ1n) is 11.1. The normalized spacial score (nSPS) is 26.5. The molecule has 2 aliphatic rings. The van der Waals surface area contributed by atoms with Crippen molar-refractivity contribution in [2.45, 2.75) is 109 Å². The van der Waals surface area contributed by atoms with E-state index in [0.717, 1.165) is 17.7 Å². The molecule has 2 fully saturated rings. The summed E-state index contributed by atoms with van der Waals surface area (Å²) >= 11 is 0. The summed E-state index contributed by atoms with van der Waals surface area (Å²) in [5.41, 5.74) is 1.40. The van der Waals surface area contributed by atoms with E-state index in [-0.39, 0.29) is 0 Å². The molecule has 0 N–H and O–H groups in total. The van der Waals surface area contributed by atoms with Crippen LogP contribution in [0.3, 0.4) is 0 Å². The smallest absolute Gasteiger partial charge is 0.131 e. The van der Waals surface area contributed by atoms with Crippen LogP contribution in [0.4, 0.5) is 0 Å². The molecular formula is C23H38N2. The molecular weight excluding hydrogens is 304 g/mol. The van der Waals surface area contributed by atoms with E-state index in [1.54, 1.807) is 0 Å². The summed E-state index contributed by atoms with van der Waals surface area (Å²) in [5.74, 6) is 4.34. The van der Waals surface area contributed by atoms with Crippen molar-refractivity contribution in [3.05, 3.63) is 23.8 Å². The lowest BCUT2D eigenvalue weighted by Crippen LogP contribution is -2.15. The summed E-state index contributed by atoms with van der Waals surface area (Å²) < 4.78 is 0. The van der Waals surface area contributed by atoms with Gasteiger partial charge in [-0.2, -0.15) is 0 Å². The molecule has 1 heterocycles. The van der Waals surface area contributed by atoms with Gasteiger partial charge < -0.3 is 0 Å². The van der Waals surface area contributed by atoms with Gasteiger partial charge in [0, 0.05) is 18.3 Å². The summed E-state index contributed by atoms with van der Waals surface area (Å²) in [6.45, 7) is 4.71. The van der Waals surface area contributed by atoms with Crippen LogP contribution >= 0.6 is 0 Å². The van der Waals surface area contributed by atoms with Crippen molar-refractivity contribution in [2.75, 3.05) is 0 Å². The zero-order chi connectivity index (χ0) is 17.5. The van der Waals surface area contributed by atoms with Gasteiger partial charge in [0.25, 0.3) is 0 Å². The Morgan fingerprint density at radius 3 is 2.24 bits per heavy atom. The van der Waals surface area contributed by atoms with Crippen LogP contribution in [0.1, 0.15) is 121 Å². The standard InChI is InChI=1S/C23H38N2/c1-3-18(2)8-7-9-19-12-14-20(15-13-19)22-16-24-23(25-17-22)21-10-5-4-6-11-21/h16-21H,3-15H2,1-2H3. The first-order chi connectivity index (χ1) is 12.3. The minimum Gasteiger partial charge on any atom is -0.241 e. The average molecular weight is 343 g/mol. The second-order valence-electron chi connectivity index (χ2n) is 8.87. The van der Waals surface area contributed by atoms with Crippen LogP contribution in [-0.4, -0.2) is 9.97 Å². The molecule has 2 nitrogen and oxygen atoms in total.